The van der Waals surface area contributed by atoms with E-state index in [9.17, 15) is 8.42 Å². The summed E-state index contributed by atoms with van der Waals surface area (Å²) in [7, 11) is -6.61. The molecule has 0 spiro atoms. The van der Waals surface area contributed by atoms with Crippen LogP contribution in [0.1, 0.15) is 11.1 Å². The van der Waals surface area contributed by atoms with E-state index in [1.807, 2.05) is 98.8 Å². The van der Waals surface area contributed by atoms with Gasteiger partial charge in [-0.2, -0.15) is 8.42 Å². The monoisotopic (exact) mass is 448 g/mol. The van der Waals surface area contributed by atoms with Crippen LogP contribution in [0.5, 0.6) is 0 Å². The van der Waals surface area contributed by atoms with Crippen molar-refractivity contribution in [3.8, 4) is 0 Å². The van der Waals surface area contributed by atoms with E-state index in [4.69, 9.17) is 3.63 Å². The standard InChI is InChI=1S/C26H24O3S2/c1-21-13-17-25(18-14-21)30(23-9-5-3-6-10-23,24-11-7-4-8-12-24)29-31(27,28)26-19-15-22(2)16-20-26/h3-20H,1-2H3. The van der Waals surface area contributed by atoms with Gasteiger partial charge in [-0.05, 0) is 72.7 Å². The summed E-state index contributed by atoms with van der Waals surface area (Å²) in [5.74, 6) is 0. The van der Waals surface area contributed by atoms with Gasteiger partial charge in [-0.1, -0.05) is 71.8 Å². The molecule has 31 heavy (non-hydrogen) atoms. The Morgan fingerprint density at radius 3 is 1.26 bits per heavy atom. The average molecular weight is 449 g/mol. The second-order valence-electron chi connectivity index (χ2n) is 7.33. The van der Waals surface area contributed by atoms with E-state index in [1.54, 1.807) is 24.3 Å². The fourth-order valence-electron chi connectivity index (χ4n) is 3.36. The number of benzene rings is 4. The summed E-state index contributed by atoms with van der Waals surface area (Å²) in [6, 6.07) is 33.9. The van der Waals surface area contributed by atoms with Crippen LogP contribution in [0.2, 0.25) is 0 Å². The van der Waals surface area contributed by atoms with Crippen LogP contribution in [0, 0.1) is 13.8 Å². The van der Waals surface area contributed by atoms with Crippen LogP contribution in [0.15, 0.2) is 129 Å². The Morgan fingerprint density at radius 2 is 0.839 bits per heavy atom. The molecule has 0 saturated heterocycles. The topological polar surface area (TPSA) is 43.4 Å². The molecule has 4 aromatic rings. The molecule has 0 aromatic heterocycles. The van der Waals surface area contributed by atoms with Gasteiger partial charge in [-0.15, -0.1) is 0 Å². The zero-order valence-corrected chi connectivity index (χ0v) is 19.1. The smallest absolute Gasteiger partial charge is 0.203 e. The molecule has 0 atom stereocenters. The Hall–Kier alpha value is -2.86. The second-order valence-corrected chi connectivity index (χ2v) is 11.8. The molecule has 0 N–H and O–H groups in total. The van der Waals surface area contributed by atoms with Gasteiger partial charge in [0.1, 0.15) is 0 Å². The van der Waals surface area contributed by atoms with Crippen LogP contribution in [0.4, 0.5) is 0 Å². The third-order valence-corrected chi connectivity index (χ3v) is 10.2. The normalized spacial score (nSPS) is 12.5. The summed E-state index contributed by atoms with van der Waals surface area (Å²) in [5.41, 5.74) is 2.08. The highest BCUT2D eigenvalue weighted by molar-refractivity contribution is 8.33. The Bertz CT molecular complexity index is 1210. The molecular weight excluding hydrogens is 424 g/mol. The van der Waals surface area contributed by atoms with E-state index >= 15 is 0 Å². The van der Waals surface area contributed by atoms with Gasteiger partial charge in [-0.25, -0.2) is 3.63 Å². The zero-order valence-electron chi connectivity index (χ0n) is 17.4. The predicted molar refractivity (Wildman–Crippen MR) is 126 cm³/mol. The minimum atomic E-state index is -4.05. The van der Waals surface area contributed by atoms with Gasteiger partial charge >= 0.3 is 10.1 Å². The van der Waals surface area contributed by atoms with Crippen molar-refractivity contribution in [1.29, 1.82) is 0 Å². The molecule has 4 rings (SSSR count). The molecule has 158 valence electrons. The molecule has 3 nitrogen and oxygen atoms in total. The summed E-state index contributed by atoms with van der Waals surface area (Å²) in [6.07, 6.45) is 0. The molecule has 0 aliphatic heterocycles. The first-order valence-corrected chi connectivity index (χ1v) is 12.9. The molecule has 0 heterocycles. The Balaban J connectivity index is 2.00. The lowest BCUT2D eigenvalue weighted by Crippen LogP contribution is -2.14. The number of hydrogen-bond donors (Lipinski definition) is 0. The van der Waals surface area contributed by atoms with E-state index < -0.39 is 20.4 Å². The molecule has 0 saturated carbocycles. The SMILES string of the molecule is Cc1ccc(S(OS(=O)(=O)c2ccc(C)cc2)(c2ccccc2)c2ccccc2)cc1. The van der Waals surface area contributed by atoms with Crippen molar-refractivity contribution in [2.45, 2.75) is 33.4 Å². The Morgan fingerprint density at radius 1 is 0.484 bits per heavy atom. The second kappa shape index (κ2) is 8.71. The lowest BCUT2D eigenvalue weighted by atomic mass is 10.2. The van der Waals surface area contributed by atoms with Crippen LogP contribution in [-0.4, -0.2) is 8.42 Å². The van der Waals surface area contributed by atoms with Crippen LogP contribution < -0.4 is 0 Å². The van der Waals surface area contributed by atoms with Crippen LogP contribution >= 0.6 is 10.3 Å². The molecule has 0 radical (unpaired) electrons. The van der Waals surface area contributed by atoms with E-state index in [0.717, 1.165) is 25.8 Å². The zero-order chi connectivity index (χ0) is 21.9. The van der Waals surface area contributed by atoms with Gasteiger partial charge in [-0.3, -0.25) is 0 Å². The largest absolute Gasteiger partial charge is 0.307 e. The summed E-state index contributed by atoms with van der Waals surface area (Å²) in [6.45, 7) is 3.93. The fraction of sp³-hybridized carbons (Fsp3) is 0.0769. The highest BCUT2D eigenvalue weighted by Gasteiger charge is 2.38. The van der Waals surface area contributed by atoms with E-state index in [1.165, 1.54) is 0 Å². The Labute approximate surface area is 186 Å². The number of rotatable bonds is 6. The predicted octanol–water partition coefficient (Wildman–Crippen LogP) is 6.91. The van der Waals surface area contributed by atoms with Crippen molar-refractivity contribution >= 4 is 20.4 Å². The van der Waals surface area contributed by atoms with Gasteiger partial charge < -0.3 is 0 Å². The van der Waals surface area contributed by atoms with Crippen molar-refractivity contribution in [1.82, 2.24) is 0 Å². The first-order valence-electron chi connectivity index (χ1n) is 9.95. The highest BCUT2D eigenvalue weighted by Crippen LogP contribution is 2.70. The van der Waals surface area contributed by atoms with Crippen molar-refractivity contribution in [3.05, 3.63) is 120 Å². The lowest BCUT2D eigenvalue weighted by molar-refractivity contribution is 0.508. The minimum Gasteiger partial charge on any atom is -0.203 e. The molecule has 0 aliphatic rings. The van der Waals surface area contributed by atoms with Crippen LogP contribution in [0.3, 0.4) is 0 Å². The van der Waals surface area contributed by atoms with E-state index in [-0.39, 0.29) is 4.90 Å². The van der Waals surface area contributed by atoms with Gasteiger partial charge in [0.05, 0.1) is 4.90 Å². The molecule has 5 heteroatoms. The van der Waals surface area contributed by atoms with Gasteiger partial charge in [0, 0.05) is 14.7 Å². The molecule has 0 amide bonds. The van der Waals surface area contributed by atoms with Crippen molar-refractivity contribution in [2.75, 3.05) is 0 Å². The molecule has 0 aliphatic carbocycles. The molecule has 4 aromatic carbocycles. The Kier molecular flexibility index (Phi) is 6.01. The third kappa shape index (κ3) is 4.30. The summed E-state index contributed by atoms with van der Waals surface area (Å²) in [4.78, 5) is 2.61. The lowest BCUT2D eigenvalue weighted by Gasteiger charge is -2.39. The van der Waals surface area contributed by atoms with Crippen LogP contribution in [-0.2, 0) is 13.7 Å². The van der Waals surface area contributed by atoms with Crippen molar-refractivity contribution in [3.63, 3.8) is 0 Å². The average Bonchev–Trinajstić information content (AvgIpc) is 2.79. The maximum atomic E-state index is 13.5. The molecule has 0 fully saturated rings. The molecule has 0 unspecified atom stereocenters. The van der Waals surface area contributed by atoms with Gasteiger partial charge in [0.2, 0.25) is 0 Å². The van der Waals surface area contributed by atoms with Gasteiger partial charge in [0.15, 0.2) is 0 Å². The summed E-state index contributed by atoms with van der Waals surface area (Å²) in [5, 5.41) is 0. The van der Waals surface area contributed by atoms with E-state index in [2.05, 4.69) is 0 Å². The number of hydrogen-bond acceptors (Lipinski definition) is 3. The molecular formula is C26H24O3S2. The first-order chi connectivity index (χ1) is 14.9. The van der Waals surface area contributed by atoms with Gasteiger partial charge in [0.25, 0.3) is 0 Å². The number of aryl methyl sites for hydroxylation is 2. The van der Waals surface area contributed by atoms with Crippen molar-refractivity contribution in [2.24, 2.45) is 0 Å². The first kappa shape index (κ1) is 21.4. The molecule has 0 bridgehead atoms. The quantitative estimate of drug-likeness (QED) is 0.322. The maximum Gasteiger partial charge on any atom is 0.307 e. The summed E-state index contributed by atoms with van der Waals surface area (Å²) < 4.78 is 33.4. The highest BCUT2D eigenvalue weighted by atomic mass is 32.3. The summed E-state index contributed by atoms with van der Waals surface area (Å²) >= 11 is 0. The van der Waals surface area contributed by atoms with Crippen molar-refractivity contribution < 1.29 is 12.0 Å². The fourth-order valence-corrected chi connectivity index (χ4v) is 8.58. The maximum absolute atomic E-state index is 13.5. The van der Waals surface area contributed by atoms with Crippen LogP contribution in [0.25, 0.3) is 0 Å². The van der Waals surface area contributed by atoms with E-state index in [0.29, 0.717) is 0 Å². The minimum absolute atomic E-state index is 0.147. The third-order valence-electron chi connectivity index (χ3n) is 5.00.